The molecule has 5 heterocycles. The first-order valence-corrected chi connectivity index (χ1v) is 19.0. The Balaban J connectivity index is 0.000000154. The van der Waals surface area contributed by atoms with Gasteiger partial charge in [0.05, 0.1) is 22.8 Å². The molecule has 2 aliphatic heterocycles. The van der Waals surface area contributed by atoms with Gasteiger partial charge in [0.25, 0.3) is 13.1 Å². The van der Waals surface area contributed by atoms with E-state index in [0.717, 1.165) is 44.8 Å². The van der Waals surface area contributed by atoms with Gasteiger partial charge in [-0.15, -0.1) is 60.9 Å². The molecule has 0 fully saturated rings. The number of nitrogens with one attached hydrogen (secondary N) is 2. The summed E-state index contributed by atoms with van der Waals surface area (Å²) in [5, 5.41) is 0. The third-order valence-corrected chi connectivity index (χ3v) is 14.8. The number of aromatic nitrogens is 4. The summed E-state index contributed by atoms with van der Waals surface area (Å²) in [6, 6.07) is 60.5. The molecule has 0 spiro atoms. The summed E-state index contributed by atoms with van der Waals surface area (Å²) in [6.45, 7) is 0. The van der Waals surface area contributed by atoms with E-state index in [9.17, 15) is 0 Å². The molecular formula is C44H35AlClN4-. The Morgan fingerprint density at radius 1 is 0.320 bits per heavy atom. The van der Waals surface area contributed by atoms with Gasteiger partial charge in [-0.2, -0.15) is 0 Å². The van der Waals surface area contributed by atoms with Crippen LogP contribution >= 0.6 is 12.4 Å². The molecule has 3 aromatic heterocycles. The first-order valence-electron chi connectivity index (χ1n) is 16.6. The average molecular weight is 682 g/mol. The maximum absolute atomic E-state index is 4.63. The standard InChI is InChI=1S/C20H14N4.4C6H5.Al.ClH/c1-2-14-10-16-5-6-18(23-16)12-20-8-7-19(24-20)11-17-4-3-15(22-17)9-13(1)21-14;4*1-2-4-6-5-3-1;;/h1-12,21,24H;4*1-5H;;1H/q;;;;;-1;. The summed E-state index contributed by atoms with van der Waals surface area (Å²) in [5.74, 6) is 0. The van der Waals surface area contributed by atoms with E-state index in [2.05, 4.69) is 166 Å². The molecule has 2 N–H and O–H groups in total. The fraction of sp³-hybridized carbons (Fsp3) is 0. The Bertz CT molecular complexity index is 2100. The molecule has 0 unspecified atom stereocenters. The summed E-state index contributed by atoms with van der Waals surface area (Å²) in [6.07, 6.45) is 8.09. The topological polar surface area (TPSA) is 57.4 Å². The van der Waals surface area contributed by atoms with Crippen LogP contribution in [0.25, 0.3) is 46.4 Å². The van der Waals surface area contributed by atoms with Crippen LogP contribution in [0.3, 0.4) is 0 Å². The molecule has 0 amide bonds. The van der Waals surface area contributed by atoms with Gasteiger partial charge in [-0.05, 0) is 72.8 Å². The van der Waals surface area contributed by atoms with Gasteiger partial charge in [0.1, 0.15) is 0 Å². The minimum atomic E-state index is -2.69. The number of hydrogen-bond donors (Lipinski definition) is 2. The largest absolute Gasteiger partial charge is 0.355 e. The highest BCUT2D eigenvalue weighted by Gasteiger charge is 2.36. The number of nitrogens with zero attached hydrogens (tertiary/aromatic N) is 2. The predicted octanol–water partition coefficient (Wildman–Crippen LogP) is 8.14. The molecule has 4 aromatic carbocycles. The zero-order valence-corrected chi connectivity index (χ0v) is 29.3. The highest BCUT2D eigenvalue weighted by Crippen LogP contribution is 2.17. The van der Waals surface area contributed by atoms with Gasteiger partial charge in [0.15, 0.2) is 0 Å². The third-order valence-electron chi connectivity index (χ3n) is 9.24. The summed E-state index contributed by atoms with van der Waals surface area (Å²) < 4.78 is 5.77. The van der Waals surface area contributed by atoms with Crippen LogP contribution in [-0.4, -0.2) is 33.0 Å². The fourth-order valence-electron chi connectivity index (χ4n) is 7.07. The average Bonchev–Trinajstić information content (AvgIpc) is 3.98. The number of rotatable bonds is 4. The number of benzene rings is 4. The lowest BCUT2D eigenvalue weighted by Crippen LogP contribution is -2.74. The summed E-state index contributed by atoms with van der Waals surface area (Å²) >= 11 is -2.69. The Labute approximate surface area is 300 Å². The molecule has 0 aliphatic carbocycles. The lowest BCUT2D eigenvalue weighted by atomic mass is 10.3. The van der Waals surface area contributed by atoms with E-state index in [0.29, 0.717) is 0 Å². The number of fused-ring (bicyclic) bond motifs is 8. The van der Waals surface area contributed by atoms with E-state index >= 15 is 0 Å². The minimum absolute atomic E-state index is 0. The van der Waals surface area contributed by atoms with Crippen molar-refractivity contribution in [2.24, 2.45) is 0 Å². The first-order chi connectivity index (χ1) is 24.2. The number of H-pyrrole nitrogens is 2. The van der Waals surface area contributed by atoms with E-state index in [-0.39, 0.29) is 12.4 Å². The van der Waals surface area contributed by atoms with Gasteiger partial charge in [0.2, 0.25) is 0 Å². The number of hydrogen-bond acceptors (Lipinski definition) is 2. The van der Waals surface area contributed by atoms with E-state index in [1.807, 2.05) is 48.6 Å². The van der Waals surface area contributed by atoms with E-state index in [1.54, 1.807) is 0 Å². The molecule has 6 heteroatoms. The molecule has 7 aromatic rings. The molecule has 0 atom stereocenters. The van der Waals surface area contributed by atoms with Crippen molar-refractivity contribution in [1.82, 2.24) is 19.9 Å². The molecule has 50 heavy (non-hydrogen) atoms. The van der Waals surface area contributed by atoms with Crippen molar-refractivity contribution in [3.63, 3.8) is 0 Å². The highest BCUT2D eigenvalue weighted by atomic mass is 35.5. The zero-order chi connectivity index (χ0) is 32.9. The lowest BCUT2D eigenvalue weighted by Gasteiger charge is -2.40. The van der Waals surface area contributed by atoms with Crippen molar-refractivity contribution in [1.29, 1.82) is 0 Å². The normalized spacial score (nSPS) is 11.7. The molecule has 242 valence electrons. The number of halogens is 1. The van der Waals surface area contributed by atoms with Crippen LogP contribution in [0.5, 0.6) is 0 Å². The summed E-state index contributed by atoms with van der Waals surface area (Å²) in [7, 11) is 0. The molecule has 0 radical (unpaired) electrons. The quantitative estimate of drug-likeness (QED) is 0.184. The van der Waals surface area contributed by atoms with Gasteiger partial charge in [0, 0.05) is 22.1 Å². The Kier molecular flexibility index (Phi) is 9.73. The maximum atomic E-state index is 4.63. The van der Waals surface area contributed by atoms with Gasteiger partial charge in [-0.25, -0.2) is 27.7 Å². The van der Waals surface area contributed by atoms with E-state index in [1.165, 1.54) is 17.7 Å². The van der Waals surface area contributed by atoms with Gasteiger partial charge < -0.3 is 9.97 Å². The van der Waals surface area contributed by atoms with Gasteiger partial charge >= 0.3 is 0 Å². The Morgan fingerprint density at radius 3 is 0.800 bits per heavy atom. The predicted molar refractivity (Wildman–Crippen MR) is 216 cm³/mol. The van der Waals surface area contributed by atoms with Crippen molar-refractivity contribution < 1.29 is 0 Å². The maximum Gasteiger partial charge on any atom is 0.266 e. The first kappa shape index (κ1) is 32.8. The molecule has 2 aliphatic rings. The van der Waals surface area contributed by atoms with Crippen molar-refractivity contribution in [2.45, 2.75) is 0 Å². The molecule has 8 bridgehead atoms. The van der Waals surface area contributed by atoms with Crippen LogP contribution in [-0.2, 0) is 0 Å². The lowest BCUT2D eigenvalue weighted by molar-refractivity contribution is 1.31. The Hall–Kier alpha value is -5.70. The van der Waals surface area contributed by atoms with Crippen LogP contribution in [0, 0.1) is 0 Å². The second-order valence-electron chi connectivity index (χ2n) is 12.4. The number of aromatic amines is 2. The van der Waals surface area contributed by atoms with Crippen LogP contribution in [0.2, 0.25) is 0 Å². The van der Waals surface area contributed by atoms with Crippen LogP contribution in [0.4, 0.5) is 0 Å². The van der Waals surface area contributed by atoms with E-state index in [4.69, 9.17) is 0 Å². The van der Waals surface area contributed by atoms with Crippen LogP contribution in [0.1, 0.15) is 22.8 Å². The SMILES string of the molecule is C1=Cc2cc3ccc(cc4nc(cc5ccc(cc1n2)[nH]5)C=C4)[nH]3.Cl.c1cc[c]([Al-]([c]2ccccc2)([c]2ccccc2)[c]2ccccc2)cc1. The summed E-state index contributed by atoms with van der Waals surface area (Å²) in [5.41, 5.74) is 7.86. The van der Waals surface area contributed by atoms with E-state index < -0.39 is 13.1 Å². The minimum Gasteiger partial charge on any atom is -0.355 e. The molecule has 0 saturated heterocycles. The van der Waals surface area contributed by atoms with Crippen molar-refractivity contribution >= 4 is 89.6 Å². The smallest absolute Gasteiger partial charge is 0.266 e. The second kappa shape index (κ2) is 14.8. The van der Waals surface area contributed by atoms with Crippen molar-refractivity contribution in [3.8, 4) is 0 Å². The van der Waals surface area contributed by atoms with Crippen molar-refractivity contribution in [3.05, 3.63) is 193 Å². The monoisotopic (exact) mass is 681 g/mol. The van der Waals surface area contributed by atoms with Crippen molar-refractivity contribution in [2.75, 3.05) is 0 Å². The summed E-state index contributed by atoms with van der Waals surface area (Å²) in [4.78, 5) is 16.0. The third kappa shape index (κ3) is 6.90. The second-order valence-corrected chi connectivity index (χ2v) is 16.8. The highest BCUT2D eigenvalue weighted by molar-refractivity contribution is 7.19. The molecule has 9 rings (SSSR count). The molecular weight excluding hydrogens is 647 g/mol. The van der Waals surface area contributed by atoms with Gasteiger partial charge in [-0.3, -0.25) is 0 Å². The Morgan fingerprint density at radius 2 is 0.560 bits per heavy atom. The molecule has 0 saturated carbocycles. The van der Waals surface area contributed by atoms with Crippen LogP contribution in [0.15, 0.2) is 170 Å². The molecule has 4 nitrogen and oxygen atoms in total. The fourth-order valence-corrected chi connectivity index (χ4v) is 12.6. The van der Waals surface area contributed by atoms with Crippen LogP contribution < -0.4 is 17.7 Å². The zero-order valence-electron chi connectivity index (χ0n) is 27.4. The van der Waals surface area contributed by atoms with Gasteiger partial charge in [-0.1, -0.05) is 72.8 Å².